The molecule has 0 fully saturated rings. The largest absolute Gasteiger partial charge is 0.389 e. The summed E-state index contributed by atoms with van der Waals surface area (Å²) in [6.07, 6.45) is 0. The number of benzene rings is 1. The van der Waals surface area contributed by atoms with Gasteiger partial charge in [-0.25, -0.2) is 4.39 Å². The van der Waals surface area contributed by atoms with Crippen molar-refractivity contribution in [2.24, 2.45) is 0 Å². The second-order valence-corrected chi connectivity index (χ2v) is 6.06. The first-order valence-electron chi connectivity index (χ1n) is 6.07. The standard InChI is InChI=1S/C13H11FN4OS2/c1-7-11(12(15)21-18-7)13-16-10(17-19-13)6-20-9-5-3-2-4-8(9)14/h2-5H,6,15H2,1H3. The van der Waals surface area contributed by atoms with E-state index in [1.54, 1.807) is 18.2 Å². The van der Waals surface area contributed by atoms with Crippen LogP contribution in [0.1, 0.15) is 11.5 Å². The lowest BCUT2D eigenvalue weighted by Crippen LogP contribution is -1.88. The van der Waals surface area contributed by atoms with Gasteiger partial charge in [0.05, 0.1) is 17.0 Å². The molecule has 0 atom stereocenters. The van der Waals surface area contributed by atoms with E-state index in [-0.39, 0.29) is 5.82 Å². The van der Waals surface area contributed by atoms with Crippen molar-refractivity contribution < 1.29 is 8.91 Å². The number of aromatic nitrogens is 3. The number of aryl methyl sites for hydroxylation is 1. The van der Waals surface area contributed by atoms with E-state index in [1.165, 1.54) is 29.4 Å². The van der Waals surface area contributed by atoms with Gasteiger partial charge in [-0.15, -0.1) is 11.8 Å². The highest BCUT2D eigenvalue weighted by Crippen LogP contribution is 2.32. The van der Waals surface area contributed by atoms with Gasteiger partial charge in [-0.3, -0.25) is 0 Å². The summed E-state index contributed by atoms with van der Waals surface area (Å²) in [4.78, 5) is 4.84. The molecule has 0 bridgehead atoms. The minimum atomic E-state index is -0.256. The molecule has 0 amide bonds. The molecule has 0 aliphatic heterocycles. The van der Waals surface area contributed by atoms with Crippen LogP contribution in [0, 0.1) is 12.7 Å². The van der Waals surface area contributed by atoms with E-state index in [9.17, 15) is 4.39 Å². The van der Waals surface area contributed by atoms with Crippen LogP contribution in [0.3, 0.4) is 0 Å². The van der Waals surface area contributed by atoms with E-state index in [0.29, 0.717) is 32.9 Å². The van der Waals surface area contributed by atoms with Gasteiger partial charge in [0.25, 0.3) is 5.89 Å². The molecule has 3 aromatic rings. The molecule has 2 aromatic heterocycles. The van der Waals surface area contributed by atoms with Crippen molar-refractivity contribution in [2.75, 3.05) is 5.73 Å². The Morgan fingerprint density at radius 1 is 1.38 bits per heavy atom. The van der Waals surface area contributed by atoms with Crippen LogP contribution in [-0.2, 0) is 5.75 Å². The van der Waals surface area contributed by atoms with Crippen LogP contribution in [0.5, 0.6) is 0 Å². The van der Waals surface area contributed by atoms with E-state index in [0.717, 1.165) is 5.69 Å². The Morgan fingerprint density at radius 2 is 2.19 bits per heavy atom. The van der Waals surface area contributed by atoms with E-state index in [2.05, 4.69) is 14.5 Å². The fourth-order valence-corrected chi connectivity index (χ4v) is 3.20. The normalized spacial score (nSPS) is 11.0. The zero-order valence-corrected chi connectivity index (χ0v) is 12.7. The summed E-state index contributed by atoms with van der Waals surface area (Å²) in [5.41, 5.74) is 7.28. The summed E-state index contributed by atoms with van der Waals surface area (Å²) in [5, 5.41) is 4.44. The summed E-state index contributed by atoms with van der Waals surface area (Å²) in [7, 11) is 0. The van der Waals surface area contributed by atoms with Crippen LogP contribution < -0.4 is 5.73 Å². The highest BCUT2D eigenvalue weighted by molar-refractivity contribution is 7.98. The molecule has 0 aliphatic rings. The number of hydrogen-bond donors (Lipinski definition) is 1. The van der Waals surface area contributed by atoms with Crippen molar-refractivity contribution in [3.63, 3.8) is 0 Å². The third kappa shape index (κ3) is 2.91. The van der Waals surface area contributed by atoms with Gasteiger partial charge in [-0.1, -0.05) is 17.3 Å². The Balaban J connectivity index is 1.76. The molecule has 21 heavy (non-hydrogen) atoms. The Morgan fingerprint density at radius 3 is 2.90 bits per heavy atom. The van der Waals surface area contributed by atoms with E-state index in [1.807, 2.05) is 6.92 Å². The highest BCUT2D eigenvalue weighted by Gasteiger charge is 2.17. The Labute approximate surface area is 128 Å². The van der Waals surface area contributed by atoms with Crippen molar-refractivity contribution in [3.05, 3.63) is 41.6 Å². The fourth-order valence-electron chi connectivity index (χ4n) is 1.77. The second-order valence-electron chi connectivity index (χ2n) is 4.24. The lowest BCUT2D eigenvalue weighted by atomic mass is 10.2. The number of nitrogen functional groups attached to an aromatic ring is 1. The number of thioether (sulfide) groups is 1. The van der Waals surface area contributed by atoms with Crippen LogP contribution in [0.25, 0.3) is 11.5 Å². The Bertz CT molecular complexity index is 752. The molecule has 0 unspecified atom stereocenters. The lowest BCUT2D eigenvalue weighted by molar-refractivity contribution is 0.425. The number of nitrogens with two attached hydrogens (primary N) is 1. The predicted molar refractivity (Wildman–Crippen MR) is 80.5 cm³/mol. The number of halogens is 1. The van der Waals surface area contributed by atoms with Crippen molar-refractivity contribution in [1.29, 1.82) is 0 Å². The smallest absolute Gasteiger partial charge is 0.262 e. The number of anilines is 1. The quantitative estimate of drug-likeness (QED) is 0.741. The molecule has 0 saturated heterocycles. The second kappa shape index (κ2) is 5.82. The molecule has 3 rings (SSSR count). The van der Waals surface area contributed by atoms with Crippen LogP contribution in [0.4, 0.5) is 9.39 Å². The van der Waals surface area contributed by atoms with Crippen LogP contribution in [-0.4, -0.2) is 14.5 Å². The minimum absolute atomic E-state index is 0.256. The van der Waals surface area contributed by atoms with Gasteiger partial charge < -0.3 is 10.3 Å². The first kappa shape index (κ1) is 14.0. The molecular formula is C13H11FN4OS2. The first-order chi connectivity index (χ1) is 10.1. The molecule has 0 radical (unpaired) electrons. The molecule has 0 spiro atoms. The van der Waals surface area contributed by atoms with Crippen LogP contribution in [0.15, 0.2) is 33.7 Å². The van der Waals surface area contributed by atoms with E-state index < -0.39 is 0 Å². The molecular weight excluding hydrogens is 311 g/mol. The molecule has 2 heterocycles. The fraction of sp³-hybridized carbons (Fsp3) is 0.154. The summed E-state index contributed by atoms with van der Waals surface area (Å²) in [5.74, 6) is 1.00. The summed E-state index contributed by atoms with van der Waals surface area (Å²) in [6, 6.07) is 6.58. The number of nitrogens with zero attached hydrogens (tertiary/aromatic N) is 3. The minimum Gasteiger partial charge on any atom is -0.389 e. The molecule has 1 aromatic carbocycles. The topological polar surface area (TPSA) is 77.8 Å². The molecule has 0 aliphatic carbocycles. The SMILES string of the molecule is Cc1nsc(N)c1-c1nc(CSc2ccccc2F)no1. The maximum atomic E-state index is 13.5. The average molecular weight is 322 g/mol. The molecule has 0 saturated carbocycles. The lowest BCUT2D eigenvalue weighted by Gasteiger charge is -1.99. The zero-order chi connectivity index (χ0) is 14.8. The van der Waals surface area contributed by atoms with Crippen molar-refractivity contribution in [2.45, 2.75) is 17.6 Å². The zero-order valence-electron chi connectivity index (χ0n) is 11.0. The van der Waals surface area contributed by atoms with E-state index in [4.69, 9.17) is 10.3 Å². The molecule has 2 N–H and O–H groups in total. The third-order valence-corrected chi connectivity index (χ3v) is 4.58. The predicted octanol–water partition coefficient (Wildman–Crippen LogP) is 3.52. The van der Waals surface area contributed by atoms with Gasteiger partial charge in [-0.2, -0.15) is 9.36 Å². The maximum absolute atomic E-state index is 13.5. The Hall–Kier alpha value is -1.93. The number of hydrogen-bond acceptors (Lipinski definition) is 7. The van der Waals surface area contributed by atoms with E-state index >= 15 is 0 Å². The maximum Gasteiger partial charge on any atom is 0.262 e. The van der Waals surface area contributed by atoms with Crippen molar-refractivity contribution >= 4 is 28.3 Å². The van der Waals surface area contributed by atoms with Gasteiger partial charge >= 0.3 is 0 Å². The number of rotatable bonds is 4. The van der Waals surface area contributed by atoms with Gasteiger partial charge in [0.15, 0.2) is 5.82 Å². The van der Waals surface area contributed by atoms with Crippen molar-refractivity contribution in [3.8, 4) is 11.5 Å². The van der Waals surface area contributed by atoms with Crippen molar-refractivity contribution in [1.82, 2.24) is 14.5 Å². The summed E-state index contributed by atoms with van der Waals surface area (Å²) in [6.45, 7) is 1.83. The third-order valence-electron chi connectivity index (χ3n) is 2.76. The average Bonchev–Trinajstić information content (AvgIpc) is 3.05. The molecule has 5 nitrogen and oxygen atoms in total. The van der Waals surface area contributed by atoms with Crippen LogP contribution in [0.2, 0.25) is 0 Å². The monoisotopic (exact) mass is 322 g/mol. The summed E-state index contributed by atoms with van der Waals surface area (Å²) >= 11 is 2.51. The Kier molecular flexibility index (Phi) is 3.89. The van der Waals surface area contributed by atoms with Gasteiger partial charge in [0.2, 0.25) is 0 Å². The first-order valence-corrected chi connectivity index (χ1v) is 7.83. The van der Waals surface area contributed by atoms with Gasteiger partial charge in [-0.05, 0) is 30.6 Å². The highest BCUT2D eigenvalue weighted by atomic mass is 32.2. The molecule has 8 heteroatoms. The molecule has 108 valence electrons. The van der Waals surface area contributed by atoms with Crippen LogP contribution >= 0.6 is 23.3 Å². The van der Waals surface area contributed by atoms with Gasteiger partial charge in [0.1, 0.15) is 10.8 Å². The summed E-state index contributed by atoms with van der Waals surface area (Å²) < 4.78 is 22.9. The van der Waals surface area contributed by atoms with Gasteiger partial charge in [0, 0.05) is 4.90 Å².